The number of hydrogen-bond acceptors (Lipinski definition) is 6. The minimum atomic E-state index is -0.489. The summed E-state index contributed by atoms with van der Waals surface area (Å²) >= 11 is 0. The third-order valence-corrected chi connectivity index (χ3v) is 3.01. The maximum absolute atomic E-state index is 9.72. The monoisotopic (exact) mass is 270 g/mol. The highest BCUT2D eigenvalue weighted by molar-refractivity contribution is 4.66. The van der Waals surface area contributed by atoms with Crippen LogP contribution in [0.3, 0.4) is 0 Å². The quantitative estimate of drug-likeness (QED) is 0.585. The number of aliphatic hydroxyl groups is 1. The largest absolute Gasteiger partial charge is 0.389 e. The molecule has 2 atom stereocenters. The van der Waals surface area contributed by atoms with Gasteiger partial charge in [0.2, 0.25) is 0 Å². The summed E-state index contributed by atoms with van der Waals surface area (Å²) in [4.78, 5) is 0. The highest BCUT2D eigenvalue weighted by Gasteiger charge is 2.15. The van der Waals surface area contributed by atoms with Crippen LogP contribution in [0.2, 0.25) is 0 Å². The summed E-state index contributed by atoms with van der Waals surface area (Å²) in [5, 5.41) is 20.4. The van der Waals surface area contributed by atoms with Gasteiger partial charge in [-0.05, 0) is 12.8 Å². The normalized spacial score (nSPS) is 20.8. The third kappa shape index (κ3) is 5.65. The summed E-state index contributed by atoms with van der Waals surface area (Å²) in [5.41, 5.74) is 0. The van der Waals surface area contributed by atoms with Gasteiger partial charge in [-0.2, -0.15) is 0 Å². The van der Waals surface area contributed by atoms with Crippen molar-refractivity contribution in [3.05, 3.63) is 12.4 Å². The highest BCUT2D eigenvalue weighted by atomic mass is 16.5. The molecule has 2 unspecified atom stereocenters. The number of nitrogens with one attached hydrogen (secondary N) is 1. The Bertz CT molecular complexity index is 328. The summed E-state index contributed by atoms with van der Waals surface area (Å²) < 4.78 is 12.6. The van der Waals surface area contributed by atoms with Crippen LogP contribution in [0.25, 0.3) is 0 Å². The molecular formula is C12H22N4O3. The molecule has 0 saturated carbocycles. The number of hydrogen-bond donors (Lipinski definition) is 2. The molecule has 19 heavy (non-hydrogen) atoms. The van der Waals surface area contributed by atoms with Gasteiger partial charge in [0.25, 0.3) is 0 Å². The number of aromatic nitrogens is 3. The van der Waals surface area contributed by atoms with E-state index in [0.29, 0.717) is 19.8 Å². The number of ether oxygens (including phenoxy) is 2. The molecule has 1 aliphatic heterocycles. The predicted molar refractivity (Wildman–Crippen MR) is 68.7 cm³/mol. The summed E-state index contributed by atoms with van der Waals surface area (Å²) in [6.07, 6.45) is 5.35. The zero-order valence-corrected chi connectivity index (χ0v) is 11.1. The van der Waals surface area contributed by atoms with Gasteiger partial charge in [0.05, 0.1) is 38.2 Å². The van der Waals surface area contributed by atoms with Gasteiger partial charge < -0.3 is 19.9 Å². The molecule has 1 aromatic rings. The lowest BCUT2D eigenvalue weighted by atomic mass is 10.2. The van der Waals surface area contributed by atoms with Gasteiger partial charge in [0.15, 0.2) is 0 Å². The molecule has 0 spiro atoms. The zero-order valence-electron chi connectivity index (χ0n) is 11.1. The Balaban J connectivity index is 1.44. The van der Waals surface area contributed by atoms with Gasteiger partial charge in [0, 0.05) is 25.9 Å². The van der Waals surface area contributed by atoms with Crippen LogP contribution in [0.4, 0.5) is 0 Å². The molecule has 0 bridgehead atoms. The lowest BCUT2D eigenvalue weighted by Gasteiger charge is -2.14. The molecule has 0 amide bonds. The highest BCUT2D eigenvalue weighted by Crippen LogP contribution is 2.11. The second kappa shape index (κ2) is 8.21. The van der Waals surface area contributed by atoms with E-state index in [0.717, 1.165) is 32.5 Å². The van der Waals surface area contributed by atoms with E-state index < -0.39 is 6.10 Å². The molecule has 1 saturated heterocycles. The fraction of sp³-hybridized carbons (Fsp3) is 0.833. The molecule has 7 nitrogen and oxygen atoms in total. The molecule has 1 fully saturated rings. The van der Waals surface area contributed by atoms with E-state index in [4.69, 9.17) is 9.47 Å². The number of nitrogens with zero attached hydrogens (tertiary/aromatic N) is 3. The summed E-state index contributed by atoms with van der Waals surface area (Å²) in [5.74, 6) is 0. The fourth-order valence-electron chi connectivity index (χ4n) is 1.98. The van der Waals surface area contributed by atoms with Crippen LogP contribution in [0.5, 0.6) is 0 Å². The van der Waals surface area contributed by atoms with E-state index in [9.17, 15) is 5.11 Å². The number of aliphatic hydroxyl groups excluding tert-OH is 1. The van der Waals surface area contributed by atoms with E-state index in [-0.39, 0.29) is 6.10 Å². The van der Waals surface area contributed by atoms with Gasteiger partial charge in [0.1, 0.15) is 0 Å². The van der Waals surface area contributed by atoms with Crippen LogP contribution in [0, 0.1) is 0 Å². The minimum Gasteiger partial charge on any atom is -0.389 e. The first-order valence-electron chi connectivity index (χ1n) is 6.77. The molecule has 2 rings (SSSR count). The fourth-order valence-corrected chi connectivity index (χ4v) is 1.98. The van der Waals surface area contributed by atoms with Gasteiger partial charge >= 0.3 is 0 Å². The standard InChI is InChI=1S/C12H22N4O3/c17-11(9-18-10-12-2-1-7-19-12)8-13-3-5-16-6-4-14-15-16/h4,6,11-13,17H,1-3,5,7-10H2. The number of rotatable bonds is 9. The van der Waals surface area contributed by atoms with Gasteiger partial charge in [-0.15, -0.1) is 5.10 Å². The van der Waals surface area contributed by atoms with Crippen molar-refractivity contribution in [2.75, 3.05) is 32.9 Å². The average Bonchev–Trinajstić information content (AvgIpc) is 3.07. The summed E-state index contributed by atoms with van der Waals surface area (Å²) in [7, 11) is 0. The maximum atomic E-state index is 9.72. The van der Waals surface area contributed by atoms with E-state index in [1.165, 1.54) is 0 Å². The third-order valence-electron chi connectivity index (χ3n) is 3.01. The average molecular weight is 270 g/mol. The Hall–Kier alpha value is -1.02. The zero-order chi connectivity index (χ0) is 13.3. The Morgan fingerprint density at radius 3 is 3.26 bits per heavy atom. The second-order valence-corrected chi connectivity index (χ2v) is 4.70. The van der Waals surface area contributed by atoms with Gasteiger partial charge in [-0.25, -0.2) is 0 Å². The smallest absolute Gasteiger partial charge is 0.0897 e. The van der Waals surface area contributed by atoms with Crippen LogP contribution < -0.4 is 5.32 Å². The molecular weight excluding hydrogens is 248 g/mol. The molecule has 2 N–H and O–H groups in total. The SMILES string of the molecule is OC(CNCCn1ccnn1)COCC1CCCO1. The van der Waals surface area contributed by atoms with Crippen LogP contribution >= 0.6 is 0 Å². The van der Waals surface area contributed by atoms with Crippen molar-refractivity contribution in [3.63, 3.8) is 0 Å². The topological polar surface area (TPSA) is 81.4 Å². The van der Waals surface area contributed by atoms with Crippen molar-refractivity contribution in [2.24, 2.45) is 0 Å². The van der Waals surface area contributed by atoms with Crippen molar-refractivity contribution in [1.82, 2.24) is 20.3 Å². The lowest BCUT2D eigenvalue weighted by Crippen LogP contribution is -2.33. The van der Waals surface area contributed by atoms with Gasteiger partial charge in [-0.1, -0.05) is 5.21 Å². The molecule has 0 aliphatic carbocycles. The summed E-state index contributed by atoms with van der Waals surface area (Å²) in [6.45, 7) is 3.75. The molecule has 7 heteroatoms. The van der Waals surface area contributed by atoms with Crippen LogP contribution in [-0.2, 0) is 16.0 Å². The van der Waals surface area contributed by atoms with Gasteiger partial charge in [-0.3, -0.25) is 4.68 Å². The Morgan fingerprint density at radius 1 is 1.58 bits per heavy atom. The van der Waals surface area contributed by atoms with Crippen LogP contribution in [0.15, 0.2) is 12.4 Å². The molecule has 108 valence electrons. The Labute approximate surface area is 112 Å². The second-order valence-electron chi connectivity index (χ2n) is 4.70. The Kier molecular flexibility index (Phi) is 6.22. The molecule has 1 aromatic heterocycles. The van der Waals surface area contributed by atoms with Crippen molar-refractivity contribution in [3.8, 4) is 0 Å². The minimum absolute atomic E-state index is 0.215. The first-order chi connectivity index (χ1) is 9.34. The molecule has 2 heterocycles. The molecule has 0 radical (unpaired) electrons. The predicted octanol–water partition coefficient (Wildman–Crippen LogP) is -0.576. The molecule has 1 aliphatic rings. The van der Waals surface area contributed by atoms with E-state index in [1.807, 2.05) is 6.20 Å². The van der Waals surface area contributed by atoms with E-state index >= 15 is 0 Å². The van der Waals surface area contributed by atoms with E-state index in [2.05, 4.69) is 15.6 Å². The maximum Gasteiger partial charge on any atom is 0.0897 e. The van der Waals surface area contributed by atoms with Crippen LogP contribution in [0.1, 0.15) is 12.8 Å². The van der Waals surface area contributed by atoms with Crippen molar-refractivity contribution in [1.29, 1.82) is 0 Å². The lowest BCUT2D eigenvalue weighted by molar-refractivity contribution is -0.0164. The first-order valence-corrected chi connectivity index (χ1v) is 6.77. The molecule has 0 aromatic carbocycles. The van der Waals surface area contributed by atoms with E-state index in [1.54, 1.807) is 10.9 Å². The van der Waals surface area contributed by atoms with Crippen LogP contribution in [-0.4, -0.2) is 65.2 Å². The summed E-state index contributed by atoms with van der Waals surface area (Å²) in [6, 6.07) is 0. The van der Waals surface area contributed by atoms with Crippen molar-refractivity contribution >= 4 is 0 Å². The van der Waals surface area contributed by atoms with Crippen molar-refractivity contribution < 1.29 is 14.6 Å². The Morgan fingerprint density at radius 2 is 2.53 bits per heavy atom. The first kappa shape index (κ1) is 14.4. The van der Waals surface area contributed by atoms with Crippen molar-refractivity contribution in [2.45, 2.75) is 31.6 Å².